The summed E-state index contributed by atoms with van der Waals surface area (Å²) in [6, 6.07) is 0. The molecule has 0 aromatic rings. The number of ether oxygens (including phenoxy) is 2. The van der Waals surface area contributed by atoms with Gasteiger partial charge in [-0.3, -0.25) is 9.59 Å². The van der Waals surface area contributed by atoms with E-state index >= 15 is 0 Å². The molecular weight excluding hydrogens is 244 g/mol. The highest BCUT2D eigenvalue weighted by atomic mass is 16.5. The zero-order chi connectivity index (χ0) is 14.8. The first-order chi connectivity index (χ1) is 8.88. The average Bonchev–Trinajstić information content (AvgIpc) is 2.34. The molecule has 2 atom stereocenters. The van der Waals surface area contributed by atoms with Crippen LogP contribution in [0, 0.1) is 11.8 Å². The van der Waals surface area contributed by atoms with Crippen molar-refractivity contribution in [1.29, 1.82) is 0 Å². The molecule has 0 amide bonds. The monoisotopic (exact) mass is 272 g/mol. The van der Waals surface area contributed by atoms with Gasteiger partial charge >= 0.3 is 11.9 Å². The first-order valence-electron chi connectivity index (χ1n) is 7.25. The third-order valence-electron chi connectivity index (χ3n) is 2.93. The molecule has 0 rings (SSSR count). The highest BCUT2D eigenvalue weighted by molar-refractivity contribution is 5.73. The number of carbonyl (C=O) groups excluding carboxylic acids is 2. The summed E-state index contributed by atoms with van der Waals surface area (Å²) in [6.07, 6.45) is 3.12. The van der Waals surface area contributed by atoms with Crippen LogP contribution in [0.5, 0.6) is 0 Å². The van der Waals surface area contributed by atoms with E-state index in [2.05, 4.69) is 6.92 Å². The van der Waals surface area contributed by atoms with Gasteiger partial charge in [-0.05, 0) is 33.1 Å². The van der Waals surface area contributed by atoms with Crippen molar-refractivity contribution in [3.05, 3.63) is 0 Å². The Balaban J connectivity index is 3.90. The lowest BCUT2D eigenvalue weighted by Gasteiger charge is -2.16. The standard InChI is InChI=1S/C15H28O4/c1-6-7-10-18-14(16)12(4)8-9-13(5)15(17)19-11(2)3/h11-13H,6-10H2,1-5H3. The quantitative estimate of drug-likeness (QED) is 0.477. The molecule has 0 heterocycles. The number of esters is 2. The van der Waals surface area contributed by atoms with Crippen LogP contribution in [0.3, 0.4) is 0 Å². The van der Waals surface area contributed by atoms with Crippen molar-refractivity contribution in [2.75, 3.05) is 6.61 Å². The van der Waals surface area contributed by atoms with Gasteiger partial charge in [0.05, 0.1) is 24.5 Å². The topological polar surface area (TPSA) is 52.6 Å². The van der Waals surface area contributed by atoms with Crippen LogP contribution in [-0.2, 0) is 19.1 Å². The van der Waals surface area contributed by atoms with E-state index in [-0.39, 0.29) is 29.9 Å². The van der Waals surface area contributed by atoms with Crippen molar-refractivity contribution in [1.82, 2.24) is 0 Å². The van der Waals surface area contributed by atoms with E-state index in [9.17, 15) is 9.59 Å². The number of hydrogen-bond acceptors (Lipinski definition) is 4. The normalized spacial score (nSPS) is 14.0. The summed E-state index contributed by atoms with van der Waals surface area (Å²) in [5.74, 6) is -0.695. The van der Waals surface area contributed by atoms with Gasteiger partial charge in [-0.25, -0.2) is 0 Å². The van der Waals surface area contributed by atoms with Crippen LogP contribution >= 0.6 is 0 Å². The Labute approximate surface area is 116 Å². The Morgan fingerprint density at radius 2 is 1.47 bits per heavy atom. The molecule has 0 aliphatic carbocycles. The van der Waals surface area contributed by atoms with Gasteiger partial charge in [0.1, 0.15) is 0 Å². The Morgan fingerprint density at radius 3 is 1.95 bits per heavy atom. The fourth-order valence-corrected chi connectivity index (χ4v) is 1.54. The molecule has 0 bridgehead atoms. The van der Waals surface area contributed by atoms with Crippen molar-refractivity contribution in [2.45, 2.75) is 66.4 Å². The minimum absolute atomic E-state index is 0.0913. The minimum Gasteiger partial charge on any atom is -0.465 e. The molecule has 0 saturated heterocycles. The van der Waals surface area contributed by atoms with Crippen LogP contribution in [0.2, 0.25) is 0 Å². The van der Waals surface area contributed by atoms with Gasteiger partial charge in [-0.1, -0.05) is 27.2 Å². The van der Waals surface area contributed by atoms with Gasteiger partial charge < -0.3 is 9.47 Å². The molecule has 4 nitrogen and oxygen atoms in total. The van der Waals surface area contributed by atoms with Crippen molar-refractivity contribution in [3.63, 3.8) is 0 Å². The van der Waals surface area contributed by atoms with Gasteiger partial charge in [0.15, 0.2) is 0 Å². The summed E-state index contributed by atoms with van der Waals surface area (Å²) < 4.78 is 10.3. The number of unbranched alkanes of at least 4 members (excludes halogenated alkanes) is 1. The van der Waals surface area contributed by atoms with E-state index in [4.69, 9.17) is 9.47 Å². The zero-order valence-electron chi connectivity index (χ0n) is 12.9. The van der Waals surface area contributed by atoms with E-state index in [0.717, 1.165) is 12.8 Å². The Hall–Kier alpha value is -1.06. The first-order valence-corrected chi connectivity index (χ1v) is 7.25. The van der Waals surface area contributed by atoms with Gasteiger partial charge in [-0.15, -0.1) is 0 Å². The SMILES string of the molecule is CCCCOC(=O)C(C)CCC(C)C(=O)OC(C)C. The van der Waals surface area contributed by atoms with Crippen molar-refractivity contribution in [3.8, 4) is 0 Å². The lowest BCUT2D eigenvalue weighted by atomic mass is 9.98. The van der Waals surface area contributed by atoms with Crippen molar-refractivity contribution < 1.29 is 19.1 Å². The summed E-state index contributed by atoms with van der Waals surface area (Å²) in [5, 5.41) is 0. The van der Waals surface area contributed by atoms with E-state index in [1.807, 2.05) is 27.7 Å². The van der Waals surface area contributed by atoms with Crippen LogP contribution in [0.25, 0.3) is 0 Å². The molecule has 4 heteroatoms. The second-order valence-corrected chi connectivity index (χ2v) is 5.39. The summed E-state index contributed by atoms with van der Waals surface area (Å²) in [6.45, 7) is 9.88. The fourth-order valence-electron chi connectivity index (χ4n) is 1.54. The van der Waals surface area contributed by atoms with E-state index in [1.54, 1.807) is 0 Å². The van der Waals surface area contributed by atoms with Crippen LogP contribution in [0.15, 0.2) is 0 Å². The summed E-state index contributed by atoms with van der Waals surface area (Å²) in [4.78, 5) is 23.2. The molecule has 2 unspecified atom stereocenters. The van der Waals surface area contributed by atoms with Gasteiger partial charge in [0, 0.05) is 0 Å². The highest BCUT2D eigenvalue weighted by Crippen LogP contribution is 2.15. The summed E-state index contributed by atoms with van der Waals surface area (Å²) in [7, 11) is 0. The molecule has 0 aliphatic heterocycles. The Kier molecular flexibility index (Phi) is 9.27. The summed E-state index contributed by atoms with van der Waals surface area (Å²) >= 11 is 0. The molecule has 112 valence electrons. The summed E-state index contributed by atoms with van der Waals surface area (Å²) in [5.41, 5.74) is 0. The number of carbonyl (C=O) groups is 2. The van der Waals surface area contributed by atoms with E-state index in [0.29, 0.717) is 19.4 Å². The van der Waals surface area contributed by atoms with Gasteiger partial charge in [0.2, 0.25) is 0 Å². The van der Waals surface area contributed by atoms with E-state index < -0.39 is 0 Å². The maximum atomic E-state index is 11.6. The Bertz CT molecular complexity index is 273. The minimum atomic E-state index is -0.193. The van der Waals surface area contributed by atoms with Crippen LogP contribution in [0.1, 0.15) is 60.3 Å². The molecular formula is C15H28O4. The lowest BCUT2D eigenvalue weighted by molar-refractivity contribution is -0.153. The zero-order valence-corrected chi connectivity index (χ0v) is 12.9. The van der Waals surface area contributed by atoms with Gasteiger partial charge in [-0.2, -0.15) is 0 Å². The third-order valence-corrected chi connectivity index (χ3v) is 2.93. The largest absolute Gasteiger partial charge is 0.465 e. The molecule has 0 saturated carbocycles. The second kappa shape index (κ2) is 9.82. The van der Waals surface area contributed by atoms with Crippen LogP contribution in [-0.4, -0.2) is 24.6 Å². The molecule has 0 radical (unpaired) electrons. The molecule has 0 N–H and O–H groups in total. The number of hydrogen-bond donors (Lipinski definition) is 0. The van der Waals surface area contributed by atoms with Crippen molar-refractivity contribution >= 4 is 11.9 Å². The van der Waals surface area contributed by atoms with Gasteiger partial charge in [0.25, 0.3) is 0 Å². The molecule has 0 fully saturated rings. The predicted octanol–water partition coefficient (Wildman–Crippen LogP) is 3.33. The highest BCUT2D eigenvalue weighted by Gasteiger charge is 2.20. The second-order valence-electron chi connectivity index (χ2n) is 5.39. The smallest absolute Gasteiger partial charge is 0.308 e. The molecule has 0 aliphatic rings. The molecule has 19 heavy (non-hydrogen) atoms. The molecule has 0 aromatic heterocycles. The fraction of sp³-hybridized carbons (Fsp3) is 0.867. The molecule has 0 spiro atoms. The maximum Gasteiger partial charge on any atom is 0.308 e. The van der Waals surface area contributed by atoms with Crippen LogP contribution in [0.4, 0.5) is 0 Å². The van der Waals surface area contributed by atoms with Crippen molar-refractivity contribution in [2.24, 2.45) is 11.8 Å². The third kappa shape index (κ3) is 8.62. The molecule has 0 aromatic carbocycles. The number of rotatable bonds is 9. The Morgan fingerprint density at radius 1 is 0.947 bits per heavy atom. The maximum absolute atomic E-state index is 11.6. The average molecular weight is 272 g/mol. The van der Waals surface area contributed by atoms with Crippen LogP contribution < -0.4 is 0 Å². The van der Waals surface area contributed by atoms with E-state index in [1.165, 1.54) is 0 Å². The predicted molar refractivity (Wildman–Crippen MR) is 74.7 cm³/mol. The first kappa shape index (κ1) is 17.9. The lowest BCUT2D eigenvalue weighted by Crippen LogP contribution is -2.21.